The quantitative estimate of drug-likeness (QED) is 0.111. The van der Waals surface area contributed by atoms with Crippen molar-refractivity contribution in [2.45, 2.75) is 147 Å². The minimum atomic E-state index is -1.97. The number of aliphatic carboxylic acids is 1. The number of ketones is 4. The molecule has 6 fully saturated rings. The number of fused-ring (bicyclic) bond motifs is 10. The number of carboxylic acids is 1. The van der Waals surface area contributed by atoms with Crippen LogP contribution in [0.3, 0.4) is 0 Å². The third-order valence-corrected chi connectivity index (χ3v) is 19.3. The van der Waals surface area contributed by atoms with E-state index >= 15 is 0 Å². The van der Waals surface area contributed by atoms with Crippen LogP contribution >= 0.6 is 0 Å². The summed E-state index contributed by atoms with van der Waals surface area (Å²) in [5.74, 6) is -7.08. The molecular weight excluding hydrogens is 799 g/mol. The minimum absolute atomic E-state index is 0. The Morgan fingerprint density at radius 1 is 0.754 bits per heavy atom. The van der Waals surface area contributed by atoms with E-state index < -0.39 is 130 Å². The minimum Gasteiger partial charge on any atom is -0.550 e. The van der Waals surface area contributed by atoms with Crippen molar-refractivity contribution in [2.75, 3.05) is 13.2 Å². The van der Waals surface area contributed by atoms with Gasteiger partial charge in [0.05, 0.1) is 18.6 Å². The molecule has 8 rings (SSSR count). The van der Waals surface area contributed by atoms with Crippen LogP contribution in [0.15, 0.2) is 23.3 Å². The summed E-state index contributed by atoms with van der Waals surface area (Å²) in [4.78, 5) is 79.7. The van der Waals surface area contributed by atoms with E-state index in [1.165, 1.54) is 0 Å². The number of aliphatic hydroxyl groups excluding tert-OH is 4. The number of aliphatic hydroxyl groups is 6. The predicted molar refractivity (Wildman–Crippen MR) is 208 cm³/mol. The molecule has 0 aromatic carbocycles. The van der Waals surface area contributed by atoms with Crippen molar-refractivity contribution >= 4 is 35.1 Å². The molecule has 0 radical (unpaired) electrons. The molecule has 0 aliphatic heterocycles. The summed E-state index contributed by atoms with van der Waals surface area (Å²) in [6.45, 7) is 5.77. The Morgan fingerprint density at radius 3 is 1.92 bits per heavy atom. The summed E-state index contributed by atoms with van der Waals surface area (Å²) >= 11 is 0. The van der Waals surface area contributed by atoms with Gasteiger partial charge in [-0.3, -0.25) is 24.0 Å². The van der Waals surface area contributed by atoms with Crippen LogP contribution in [0.2, 0.25) is 0 Å². The number of esters is 1. The normalized spacial score (nSPS) is 48.4. The second-order valence-corrected chi connectivity index (χ2v) is 20.9. The van der Waals surface area contributed by atoms with E-state index in [2.05, 4.69) is 0 Å². The summed E-state index contributed by atoms with van der Waals surface area (Å²) in [5.41, 5.74) is -8.50. The average molecular weight is 861 g/mol. The van der Waals surface area contributed by atoms with Gasteiger partial charge in [0.15, 0.2) is 23.1 Å². The molecule has 6 N–H and O–H groups in total. The van der Waals surface area contributed by atoms with Gasteiger partial charge in [-0.15, -0.1) is 0 Å². The molecule has 6 saturated carbocycles. The zero-order valence-electron chi connectivity index (χ0n) is 36.1. The van der Waals surface area contributed by atoms with Crippen LogP contribution in [-0.4, -0.2) is 108 Å². The Kier molecular flexibility index (Phi) is 11.9. The summed E-state index contributed by atoms with van der Waals surface area (Å²) in [6, 6.07) is 0. The van der Waals surface area contributed by atoms with Gasteiger partial charge < -0.3 is 45.3 Å². The number of Topliss-reactive ketones (excluding diaryl/α,β-unsaturated/α-hetero) is 2. The van der Waals surface area contributed by atoms with E-state index in [4.69, 9.17) is 4.74 Å². The van der Waals surface area contributed by atoms with E-state index in [0.29, 0.717) is 44.1 Å². The number of carbonyl (C=O) groups is 6. The molecule has 330 valence electrons. The van der Waals surface area contributed by atoms with Gasteiger partial charge in [0.1, 0.15) is 30.5 Å². The largest absolute Gasteiger partial charge is 1.00 e. The second-order valence-electron chi connectivity index (χ2n) is 20.9. The number of carboxylic acid groups (broad SMARTS) is 1. The van der Waals surface area contributed by atoms with Crippen molar-refractivity contribution < 1.29 is 98.8 Å². The molecule has 16 atom stereocenters. The van der Waals surface area contributed by atoms with Gasteiger partial charge in [-0.25, -0.2) is 0 Å². The van der Waals surface area contributed by atoms with Crippen molar-refractivity contribution in [3.05, 3.63) is 23.3 Å². The van der Waals surface area contributed by atoms with Crippen LogP contribution in [0.25, 0.3) is 0 Å². The molecule has 14 nitrogen and oxygen atoms in total. The van der Waals surface area contributed by atoms with Crippen LogP contribution in [0, 0.1) is 62.6 Å². The molecule has 15 heteroatoms. The molecule has 0 aromatic heterocycles. The molecule has 8 aliphatic carbocycles. The summed E-state index contributed by atoms with van der Waals surface area (Å²) in [5, 5.41) is 81.9. The first-order chi connectivity index (χ1) is 28.1. The first kappa shape index (κ1) is 46.8. The maximum Gasteiger partial charge on any atom is 1.00 e. The molecule has 0 spiro atoms. The third kappa shape index (κ3) is 5.97. The number of rotatable bonds is 9. The van der Waals surface area contributed by atoms with Crippen molar-refractivity contribution in [2.24, 2.45) is 62.6 Å². The molecule has 0 amide bonds. The standard InChI is InChI=1S/C46H62O14.Na/c1-40-19-31(51)39-27(28(40)11-13-44(40,58)34(53)21-47)7-5-23-15-25(49)17-32(42(23,39)3)46-30(29-12-14-45(59,35(54)22-48)41(29,2)20-33(46)52)8-6-24-16-26(50)18-36(43(24,46)4)60-38(57)10-9-37(55)56;/h15-16,27-33,36,39,47-48,51-52,58-59H,5-14,17-22H2,1-4H3,(H,55,56);/q;+1/p-1/t27-,28-,29-,30-,31-,32?,33-,36?,39+,40-,41-,42+,43+,44-,45-,46-;/m0./s1. The van der Waals surface area contributed by atoms with Gasteiger partial charge in [-0.05, 0) is 124 Å². The Balaban J connectivity index is 0.00000561. The van der Waals surface area contributed by atoms with Crippen LogP contribution in [0.1, 0.15) is 118 Å². The molecule has 0 saturated heterocycles. The second kappa shape index (κ2) is 15.5. The summed E-state index contributed by atoms with van der Waals surface area (Å²) in [7, 11) is 0. The van der Waals surface area contributed by atoms with Crippen LogP contribution in [0.4, 0.5) is 0 Å². The Morgan fingerprint density at radius 2 is 1.31 bits per heavy atom. The number of allylic oxidation sites excluding steroid dienone is 1. The van der Waals surface area contributed by atoms with E-state index in [0.717, 1.165) is 5.57 Å². The zero-order valence-corrected chi connectivity index (χ0v) is 38.1. The van der Waals surface area contributed by atoms with E-state index in [9.17, 15) is 64.5 Å². The van der Waals surface area contributed by atoms with Gasteiger partial charge in [-0.1, -0.05) is 38.8 Å². The molecule has 2 unspecified atom stereocenters. The third-order valence-electron chi connectivity index (χ3n) is 19.3. The molecule has 0 bridgehead atoms. The SMILES string of the molecule is C[C@]12C[C@H](O)[C@H]3[C@@H](CCC4=CC(=O)CC([C@]56[C@@H](O)C[C@@]7(C)[C@@H](CC[C@]7(O)C(=O)CO)[C@@H]5CCC5=CC(=O)CC(OC(=O)CCC(=O)[O-])[C@@]56C)[C@@]43C)[C@@H]1CC[C@]2(O)C(=O)CO.[Na+]. The van der Waals surface area contributed by atoms with Crippen LogP contribution in [0.5, 0.6) is 0 Å². The van der Waals surface area contributed by atoms with E-state index in [1.54, 1.807) is 19.1 Å². The van der Waals surface area contributed by atoms with Crippen molar-refractivity contribution in [3.63, 3.8) is 0 Å². The molecule has 8 aliphatic rings. The van der Waals surface area contributed by atoms with Gasteiger partial charge >= 0.3 is 35.5 Å². The van der Waals surface area contributed by atoms with Crippen molar-refractivity contribution in [1.29, 1.82) is 0 Å². The Labute approximate surface area is 378 Å². The fourth-order valence-corrected chi connectivity index (χ4v) is 16.8. The number of hydrogen-bond acceptors (Lipinski definition) is 14. The maximum atomic E-state index is 14.4. The van der Waals surface area contributed by atoms with Crippen molar-refractivity contribution in [3.8, 4) is 0 Å². The molecular formula is C46H61NaO14. The molecule has 61 heavy (non-hydrogen) atoms. The predicted octanol–water partition coefficient (Wildman–Crippen LogP) is -1.77. The monoisotopic (exact) mass is 860 g/mol. The smallest absolute Gasteiger partial charge is 0.550 e. The van der Waals surface area contributed by atoms with Gasteiger partial charge in [0.25, 0.3) is 0 Å². The first-order valence-electron chi connectivity index (χ1n) is 22.0. The Bertz CT molecular complexity index is 1980. The number of ether oxygens (including phenoxy) is 1. The van der Waals surface area contributed by atoms with E-state index in [-0.39, 0.29) is 91.5 Å². The van der Waals surface area contributed by atoms with E-state index in [1.807, 2.05) is 20.8 Å². The topological polar surface area (TPSA) is 256 Å². The summed E-state index contributed by atoms with van der Waals surface area (Å²) < 4.78 is 6.21. The fraction of sp³-hybridized carbons (Fsp3) is 0.783. The van der Waals surface area contributed by atoms with Crippen molar-refractivity contribution in [1.82, 2.24) is 0 Å². The fourth-order valence-electron chi connectivity index (χ4n) is 16.8. The number of carbonyl (C=O) groups excluding carboxylic acids is 6. The van der Waals surface area contributed by atoms with Crippen LogP contribution in [-0.2, 0) is 33.5 Å². The zero-order chi connectivity index (χ0) is 43.7. The first-order valence-corrected chi connectivity index (χ1v) is 22.0. The number of hydrogen-bond donors (Lipinski definition) is 6. The van der Waals surface area contributed by atoms with Crippen LogP contribution < -0.4 is 34.7 Å². The van der Waals surface area contributed by atoms with Gasteiger partial charge in [-0.2, -0.15) is 0 Å². The molecule has 0 heterocycles. The Hall–Kier alpha value is -2.14. The van der Waals surface area contributed by atoms with Gasteiger partial charge in [0.2, 0.25) is 0 Å². The average Bonchev–Trinajstić information content (AvgIpc) is 3.61. The van der Waals surface area contributed by atoms with Gasteiger partial charge in [0, 0.05) is 40.5 Å². The maximum absolute atomic E-state index is 14.4. The summed E-state index contributed by atoms with van der Waals surface area (Å²) in [6.07, 6.45) is 0.599. The molecule has 0 aromatic rings.